The lowest BCUT2D eigenvalue weighted by Gasteiger charge is -2.10. The van der Waals surface area contributed by atoms with Crippen molar-refractivity contribution >= 4 is 29.1 Å². The summed E-state index contributed by atoms with van der Waals surface area (Å²) in [6.07, 6.45) is 2.52. The monoisotopic (exact) mass is 495 g/mol. The molecule has 37 heavy (non-hydrogen) atoms. The van der Waals surface area contributed by atoms with Crippen LogP contribution in [0.3, 0.4) is 0 Å². The van der Waals surface area contributed by atoms with Crippen molar-refractivity contribution in [2.75, 3.05) is 22.9 Å². The first-order valence-corrected chi connectivity index (χ1v) is 12.4. The number of nitrogens with zero attached hydrogens (tertiary/aromatic N) is 1. The minimum atomic E-state index is -0.573. The zero-order chi connectivity index (χ0) is 25.8. The van der Waals surface area contributed by atoms with Gasteiger partial charge in [0.25, 0.3) is 5.91 Å². The highest BCUT2D eigenvalue weighted by Crippen LogP contribution is 2.46. The molecule has 2 saturated carbocycles. The number of rotatable bonds is 9. The third kappa shape index (κ3) is 6.08. The van der Waals surface area contributed by atoms with Gasteiger partial charge in [0.05, 0.1) is 22.9 Å². The molecule has 2 unspecified atom stereocenters. The number of nitriles is 1. The van der Waals surface area contributed by atoms with Crippen LogP contribution in [-0.2, 0) is 11.3 Å². The largest absolute Gasteiger partial charge is 0.444 e. The molecule has 3 aromatic rings. The molecule has 2 atom stereocenters. The molecule has 0 aromatic heterocycles. The summed E-state index contributed by atoms with van der Waals surface area (Å²) < 4.78 is 5.35. The summed E-state index contributed by atoms with van der Waals surface area (Å²) in [7, 11) is 0. The molecule has 0 saturated heterocycles. The molecule has 0 heterocycles. The number of benzene rings is 3. The maximum absolute atomic E-state index is 12.4. The van der Waals surface area contributed by atoms with Crippen molar-refractivity contribution in [3.63, 3.8) is 0 Å². The number of nitrogen functional groups attached to an aromatic ring is 1. The molecule has 188 valence electrons. The molecular weight excluding hydrogens is 466 g/mol. The summed E-state index contributed by atoms with van der Waals surface area (Å²) in [4.78, 5) is 24.7. The van der Waals surface area contributed by atoms with Crippen LogP contribution in [0.1, 0.15) is 46.7 Å². The molecule has 2 aliphatic carbocycles. The van der Waals surface area contributed by atoms with Crippen LogP contribution in [0.2, 0.25) is 0 Å². The van der Waals surface area contributed by atoms with Crippen molar-refractivity contribution in [3.05, 3.63) is 89.5 Å². The van der Waals surface area contributed by atoms with Gasteiger partial charge < -0.3 is 21.1 Å². The van der Waals surface area contributed by atoms with E-state index < -0.39 is 6.09 Å². The Bertz CT molecular complexity index is 1330. The molecule has 8 heteroatoms. The maximum atomic E-state index is 12.4. The Hall–Kier alpha value is -4.35. The zero-order valence-corrected chi connectivity index (χ0v) is 20.4. The molecule has 0 radical (unpaired) electrons. The first-order valence-electron chi connectivity index (χ1n) is 12.4. The Labute approximate surface area is 215 Å². The number of nitrogens with two attached hydrogens (primary N) is 1. The van der Waals surface area contributed by atoms with Crippen LogP contribution in [0.15, 0.2) is 72.8 Å². The summed E-state index contributed by atoms with van der Waals surface area (Å²) in [5.41, 5.74) is 9.89. The van der Waals surface area contributed by atoms with Crippen molar-refractivity contribution < 1.29 is 14.3 Å². The van der Waals surface area contributed by atoms with Gasteiger partial charge in [-0.1, -0.05) is 36.4 Å². The summed E-state index contributed by atoms with van der Waals surface area (Å²) in [6.45, 7) is 0.937. The lowest BCUT2D eigenvalue weighted by molar-refractivity contribution is 0.102. The van der Waals surface area contributed by atoms with E-state index in [2.05, 4.69) is 34.2 Å². The maximum Gasteiger partial charge on any atom is 0.411 e. The molecule has 3 aromatic carbocycles. The van der Waals surface area contributed by atoms with Gasteiger partial charge in [-0.2, -0.15) is 5.26 Å². The first kappa shape index (κ1) is 24.3. The molecule has 0 bridgehead atoms. The lowest BCUT2D eigenvalue weighted by atomic mass is 10.1. The Morgan fingerprint density at radius 1 is 1.00 bits per heavy atom. The van der Waals surface area contributed by atoms with Crippen LogP contribution in [0.5, 0.6) is 0 Å². The predicted molar refractivity (Wildman–Crippen MR) is 142 cm³/mol. The van der Waals surface area contributed by atoms with Crippen LogP contribution >= 0.6 is 0 Å². The Morgan fingerprint density at radius 3 is 2.41 bits per heavy atom. The van der Waals surface area contributed by atoms with Crippen molar-refractivity contribution in [2.45, 2.75) is 37.8 Å². The predicted octanol–water partition coefficient (Wildman–Crippen LogP) is 5.02. The minimum Gasteiger partial charge on any atom is -0.444 e. The fourth-order valence-corrected chi connectivity index (χ4v) is 4.27. The van der Waals surface area contributed by atoms with Crippen LogP contribution in [-0.4, -0.2) is 24.6 Å². The molecule has 5 rings (SSSR count). The average Bonchev–Trinajstić information content (AvgIpc) is 3.84. The lowest BCUT2D eigenvalue weighted by Crippen LogP contribution is -2.25. The quantitative estimate of drug-likeness (QED) is 0.309. The number of amides is 2. The summed E-state index contributed by atoms with van der Waals surface area (Å²) in [6, 6.07) is 24.5. The average molecular weight is 496 g/mol. The van der Waals surface area contributed by atoms with E-state index in [1.54, 1.807) is 48.5 Å². The summed E-state index contributed by atoms with van der Waals surface area (Å²) >= 11 is 0. The van der Waals surface area contributed by atoms with Crippen LogP contribution in [0, 0.1) is 16.7 Å². The van der Waals surface area contributed by atoms with E-state index >= 15 is 0 Å². The highest BCUT2D eigenvalue weighted by molar-refractivity contribution is 6.06. The third-order valence-corrected chi connectivity index (χ3v) is 6.96. The fraction of sp³-hybridized carbons (Fsp3) is 0.276. The van der Waals surface area contributed by atoms with Gasteiger partial charge in [0, 0.05) is 29.8 Å². The molecule has 5 N–H and O–H groups in total. The van der Waals surface area contributed by atoms with Crippen LogP contribution in [0.25, 0.3) is 0 Å². The summed E-state index contributed by atoms with van der Waals surface area (Å²) in [5.74, 6) is 0.181. The second kappa shape index (κ2) is 10.3. The first-order chi connectivity index (χ1) is 17.9. The minimum absolute atomic E-state index is 0.122. The van der Waals surface area contributed by atoms with Crippen molar-refractivity contribution in [1.82, 2.24) is 5.32 Å². The molecule has 8 nitrogen and oxygen atoms in total. The van der Waals surface area contributed by atoms with E-state index in [1.165, 1.54) is 5.56 Å². The van der Waals surface area contributed by atoms with Gasteiger partial charge in [-0.05, 0) is 66.8 Å². The molecule has 2 aliphatic rings. The van der Waals surface area contributed by atoms with Gasteiger partial charge in [0.15, 0.2) is 0 Å². The van der Waals surface area contributed by atoms with Crippen molar-refractivity contribution in [2.24, 2.45) is 5.41 Å². The van der Waals surface area contributed by atoms with E-state index in [0.29, 0.717) is 34.6 Å². The Kier molecular flexibility index (Phi) is 6.80. The molecule has 2 amide bonds. The van der Waals surface area contributed by atoms with Gasteiger partial charge >= 0.3 is 6.09 Å². The van der Waals surface area contributed by atoms with Gasteiger partial charge in [-0.15, -0.1) is 0 Å². The van der Waals surface area contributed by atoms with Gasteiger partial charge in [0.1, 0.15) is 6.61 Å². The third-order valence-electron chi connectivity index (χ3n) is 6.96. The highest BCUT2D eigenvalue weighted by Gasteiger charge is 2.46. The number of ether oxygens (including phenoxy) is 1. The van der Waals surface area contributed by atoms with E-state index in [0.717, 1.165) is 31.4 Å². The Balaban J connectivity index is 1.05. The van der Waals surface area contributed by atoms with E-state index in [9.17, 15) is 14.9 Å². The second-order valence-corrected chi connectivity index (χ2v) is 9.78. The zero-order valence-electron chi connectivity index (χ0n) is 20.4. The number of carbonyl (C=O) groups is 2. The second-order valence-electron chi connectivity index (χ2n) is 9.78. The van der Waals surface area contributed by atoms with Crippen LogP contribution in [0.4, 0.5) is 21.9 Å². The highest BCUT2D eigenvalue weighted by atomic mass is 16.5. The molecule has 2 fully saturated rings. The Morgan fingerprint density at radius 2 is 1.73 bits per heavy atom. The van der Waals surface area contributed by atoms with Gasteiger partial charge in [-0.3, -0.25) is 10.1 Å². The van der Waals surface area contributed by atoms with Crippen molar-refractivity contribution in [1.29, 1.82) is 5.26 Å². The van der Waals surface area contributed by atoms with Crippen LogP contribution < -0.4 is 21.7 Å². The number of nitrogens with one attached hydrogen (secondary N) is 3. The van der Waals surface area contributed by atoms with E-state index in [1.807, 2.05) is 12.1 Å². The SMILES string of the molecule is N#CC1(CNC2CC2c2ccc(COC(=O)Nc3ccc(C(=O)Nc4ccccc4N)cc3)cc2)CC1. The fourth-order valence-electron chi connectivity index (χ4n) is 4.27. The smallest absolute Gasteiger partial charge is 0.411 e. The number of hydrogen-bond donors (Lipinski definition) is 4. The number of hydrogen-bond acceptors (Lipinski definition) is 6. The standard InChI is InChI=1S/C29H29N5O3/c30-17-29(13-14-29)18-32-26-15-23(26)20-7-5-19(6-8-20)16-37-28(36)33-22-11-9-21(10-12-22)27(35)34-25-4-2-1-3-24(25)31/h1-12,23,26,32H,13-16,18,31H2,(H,33,36)(H,34,35). The van der Waals surface area contributed by atoms with E-state index in [-0.39, 0.29) is 17.9 Å². The van der Waals surface area contributed by atoms with Gasteiger partial charge in [-0.25, -0.2) is 4.79 Å². The van der Waals surface area contributed by atoms with Gasteiger partial charge in [0.2, 0.25) is 0 Å². The molecule has 0 aliphatic heterocycles. The molecular formula is C29H29N5O3. The number of para-hydroxylation sites is 2. The van der Waals surface area contributed by atoms with Crippen molar-refractivity contribution in [3.8, 4) is 6.07 Å². The van der Waals surface area contributed by atoms with E-state index in [4.69, 9.17) is 10.5 Å². The number of carbonyl (C=O) groups excluding carboxylic acids is 2. The normalized spacial score (nSPS) is 18.8. The summed E-state index contributed by atoms with van der Waals surface area (Å²) in [5, 5.41) is 18.2. The topological polar surface area (TPSA) is 129 Å². The number of anilines is 3. The molecule has 0 spiro atoms.